The molecule has 0 unspecified atom stereocenters. The lowest BCUT2D eigenvalue weighted by atomic mass is 9.90. The molecule has 0 aliphatic carbocycles. The van der Waals surface area contributed by atoms with Gasteiger partial charge in [-0.3, -0.25) is 4.90 Å². The highest BCUT2D eigenvalue weighted by molar-refractivity contribution is 6.74. The van der Waals surface area contributed by atoms with Gasteiger partial charge in [-0.1, -0.05) is 51.1 Å². The van der Waals surface area contributed by atoms with Gasteiger partial charge in [0.15, 0.2) is 8.32 Å². The molecule has 1 heterocycles. The minimum atomic E-state index is -1.72. The van der Waals surface area contributed by atoms with Gasteiger partial charge in [0.05, 0.1) is 0 Å². The van der Waals surface area contributed by atoms with Gasteiger partial charge in [0.1, 0.15) is 6.29 Å². The van der Waals surface area contributed by atoms with E-state index in [1.807, 2.05) is 6.07 Å². The van der Waals surface area contributed by atoms with E-state index < -0.39 is 8.32 Å². The number of aldehydes is 1. The Hall–Kier alpha value is -0.973. The topological polar surface area (TPSA) is 29.5 Å². The summed E-state index contributed by atoms with van der Waals surface area (Å²) in [4.78, 5) is 13.8. The molecule has 1 aromatic rings. The standard InChI is InChI=1S/C20H33NO2Si/c1-20(2,3)24(4,5)23-16-19-11-18(15-22)13-21(14-19)12-17-9-7-6-8-10-17/h6-10,15,18-19H,11-14,16H2,1-5H3/t18-,19+/m0/s1. The number of rotatable bonds is 6. The average Bonchev–Trinajstić information content (AvgIpc) is 2.52. The predicted octanol–water partition coefficient (Wildman–Crippen LogP) is 4.35. The van der Waals surface area contributed by atoms with Crippen molar-refractivity contribution in [2.75, 3.05) is 19.7 Å². The van der Waals surface area contributed by atoms with Crippen LogP contribution < -0.4 is 0 Å². The first-order valence-corrected chi connectivity index (χ1v) is 12.0. The van der Waals surface area contributed by atoms with E-state index in [0.29, 0.717) is 5.92 Å². The molecule has 2 rings (SSSR count). The monoisotopic (exact) mass is 347 g/mol. The minimum Gasteiger partial charge on any atom is -0.416 e. The summed E-state index contributed by atoms with van der Waals surface area (Å²) in [6.07, 6.45) is 2.10. The van der Waals surface area contributed by atoms with Crippen molar-refractivity contribution in [3.8, 4) is 0 Å². The van der Waals surface area contributed by atoms with Crippen molar-refractivity contribution < 1.29 is 9.22 Å². The number of nitrogens with zero attached hydrogens (tertiary/aromatic N) is 1. The van der Waals surface area contributed by atoms with Gasteiger partial charge < -0.3 is 9.22 Å². The second kappa shape index (κ2) is 7.94. The SMILES string of the molecule is CC(C)(C)[Si](C)(C)OC[C@@H]1C[C@H](C=O)CN(Cc2ccccc2)C1. The van der Waals surface area contributed by atoms with E-state index in [4.69, 9.17) is 4.43 Å². The Balaban J connectivity index is 1.96. The first kappa shape index (κ1) is 19.4. The highest BCUT2D eigenvalue weighted by Gasteiger charge is 2.38. The van der Waals surface area contributed by atoms with E-state index in [0.717, 1.165) is 38.9 Å². The summed E-state index contributed by atoms with van der Waals surface area (Å²) in [6, 6.07) is 10.5. The average molecular weight is 348 g/mol. The smallest absolute Gasteiger partial charge is 0.191 e. The molecule has 1 fully saturated rings. The Morgan fingerprint density at radius 3 is 2.46 bits per heavy atom. The molecule has 2 atom stereocenters. The predicted molar refractivity (Wildman–Crippen MR) is 103 cm³/mol. The zero-order chi connectivity index (χ0) is 17.8. The summed E-state index contributed by atoms with van der Waals surface area (Å²) < 4.78 is 6.42. The third-order valence-corrected chi connectivity index (χ3v) is 10.1. The van der Waals surface area contributed by atoms with Crippen LogP contribution in [0.25, 0.3) is 0 Å². The molecule has 134 valence electrons. The minimum absolute atomic E-state index is 0.135. The fraction of sp³-hybridized carbons (Fsp3) is 0.650. The van der Waals surface area contributed by atoms with Crippen LogP contribution in [0.15, 0.2) is 30.3 Å². The van der Waals surface area contributed by atoms with Crippen LogP contribution >= 0.6 is 0 Å². The lowest BCUT2D eigenvalue weighted by Gasteiger charge is -2.40. The number of carbonyl (C=O) groups is 1. The van der Waals surface area contributed by atoms with Crippen LogP contribution in [0.5, 0.6) is 0 Å². The fourth-order valence-electron chi connectivity index (χ4n) is 3.08. The molecule has 0 spiro atoms. The molecular formula is C20H33NO2Si. The number of piperidine rings is 1. The van der Waals surface area contributed by atoms with E-state index in [2.05, 4.69) is 63.0 Å². The second-order valence-corrected chi connectivity index (χ2v) is 13.6. The second-order valence-electron chi connectivity index (χ2n) is 8.75. The van der Waals surface area contributed by atoms with Gasteiger partial charge in [0, 0.05) is 32.2 Å². The first-order chi connectivity index (χ1) is 11.2. The van der Waals surface area contributed by atoms with Crippen LogP contribution in [0.3, 0.4) is 0 Å². The molecule has 0 amide bonds. The van der Waals surface area contributed by atoms with Crippen LogP contribution in [0.2, 0.25) is 18.1 Å². The molecule has 1 saturated heterocycles. The number of likely N-dealkylation sites (tertiary alicyclic amines) is 1. The zero-order valence-corrected chi connectivity index (χ0v) is 16.9. The van der Waals surface area contributed by atoms with Crippen LogP contribution in [0.4, 0.5) is 0 Å². The molecule has 0 aromatic heterocycles. The third-order valence-electron chi connectivity index (χ3n) is 5.57. The fourth-order valence-corrected chi connectivity index (χ4v) is 4.17. The van der Waals surface area contributed by atoms with Crippen molar-refractivity contribution in [2.24, 2.45) is 11.8 Å². The number of hydrogen-bond acceptors (Lipinski definition) is 3. The van der Waals surface area contributed by atoms with E-state index in [9.17, 15) is 4.79 Å². The Kier molecular flexibility index (Phi) is 6.40. The number of hydrogen-bond donors (Lipinski definition) is 0. The van der Waals surface area contributed by atoms with Crippen molar-refractivity contribution >= 4 is 14.6 Å². The van der Waals surface area contributed by atoms with Crippen LogP contribution in [-0.4, -0.2) is 39.2 Å². The number of carbonyl (C=O) groups excluding carboxylic acids is 1. The zero-order valence-electron chi connectivity index (χ0n) is 15.9. The maximum absolute atomic E-state index is 11.4. The van der Waals surface area contributed by atoms with Crippen LogP contribution in [-0.2, 0) is 15.8 Å². The normalized spacial score (nSPS) is 23.2. The molecular weight excluding hydrogens is 314 g/mol. The highest BCUT2D eigenvalue weighted by Crippen LogP contribution is 2.37. The van der Waals surface area contributed by atoms with Crippen molar-refractivity contribution in [1.29, 1.82) is 0 Å². The number of benzene rings is 1. The largest absolute Gasteiger partial charge is 0.416 e. The van der Waals surface area contributed by atoms with Gasteiger partial charge in [-0.25, -0.2) is 0 Å². The van der Waals surface area contributed by atoms with Gasteiger partial charge in [-0.15, -0.1) is 0 Å². The Labute approximate surface area is 148 Å². The summed E-state index contributed by atoms with van der Waals surface area (Å²) in [5.41, 5.74) is 1.31. The first-order valence-electron chi connectivity index (χ1n) is 9.07. The molecule has 24 heavy (non-hydrogen) atoms. The quantitative estimate of drug-likeness (QED) is 0.566. The Morgan fingerprint density at radius 2 is 1.88 bits per heavy atom. The van der Waals surface area contributed by atoms with Gasteiger partial charge in [-0.05, 0) is 36.0 Å². The molecule has 1 aromatic carbocycles. The molecule has 0 N–H and O–H groups in total. The van der Waals surface area contributed by atoms with E-state index in [-0.39, 0.29) is 11.0 Å². The van der Waals surface area contributed by atoms with Crippen molar-refractivity contribution in [3.05, 3.63) is 35.9 Å². The van der Waals surface area contributed by atoms with Gasteiger partial charge >= 0.3 is 0 Å². The molecule has 3 nitrogen and oxygen atoms in total. The van der Waals surface area contributed by atoms with Crippen molar-refractivity contribution in [3.63, 3.8) is 0 Å². The summed E-state index contributed by atoms with van der Waals surface area (Å²) in [6.45, 7) is 15.0. The molecule has 0 saturated carbocycles. The highest BCUT2D eigenvalue weighted by atomic mass is 28.4. The third kappa shape index (κ3) is 5.26. The summed E-state index contributed by atoms with van der Waals surface area (Å²) in [7, 11) is -1.72. The van der Waals surface area contributed by atoms with Crippen molar-refractivity contribution in [2.45, 2.75) is 51.9 Å². The van der Waals surface area contributed by atoms with Crippen LogP contribution in [0.1, 0.15) is 32.8 Å². The van der Waals surface area contributed by atoms with Crippen molar-refractivity contribution in [1.82, 2.24) is 4.90 Å². The molecule has 1 aliphatic heterocycles. The maximum Gasteiger partial charge on any atom is 0.191 e. The summed E-state index contributed by atoms with van der Waals surface area (Å²) in [5, 5.41) is 0.232. The van der Waals surface area contributed by atoms with Crippen LogP contribution in [0, 0.1) is 11.8 Å². The van der Waals surface area contributed by atoms with E-state index in [1.54, 1.807) is 0 Å². The van der Waals surface area contributed by atoms with Gasteiger partial charge in [0.2, 0.25) is 0 Å². The Bertz CT molecular complexity index is 524. The molecule has 1 aliphatic rings. The lowest BCUT2D eigenvalue weighted by Crippen LogP contribution is -2.46. The molecule has 0 radical (unpaired) electrons. The van der Waals surface area contributed by atoms with E-state index in [1.165, 1.54) is 5.56 Å². The molecule has 4 heteroatoms. The summed E-state index contributed by atoms with van der Waals surface area (Å²) in [5.74, 6) is 0.585. The van der Waals surface area contributed by atoms with Gasteiger partial charge in [0.25, 0.3) is 0 Å². The summed E-state index contributed by atoms with van der Waals surface area (Å²) >= 11 is 0. The Morgan fingerprint density at radius 1 is 1.21 bits per heavy atom. The van der Waals surface area contributed by atoms with Gasteiger partial charge in [-0.2, -0.15) is 0 Å². The van der Waals surface area contributed by atoms with E-state index >= 15 is 0 Å². The maximum atomic E-state index is 11.4. The lowest BCUT2D eigenvalue weighted by molar-refractivity contribution is -0.113. The molecule has 0 bridgehead atoms.